The molecular weight excluding hydrogens is 148 g/mol. The molecule has 0 bridgehead atoms. The van der Waals surface area contributed by atoms with Gasteiger partial charge >= 0.3 is 0 Å². The van der Waals surface area contributed by atoms with Gasteiger partial charge in [-0.2, -0.15) is 0 Å². The zero-order valence-corrected chi connectivity index (χ0v) is 7.48. The predicted octanol–water partition coefficient (Wildman–Crippen LogP) is 1.08. The van der Waals surface area contributed by atoms with Crippen LogP contribution in [0.25, 0.3) is 0 Å². The lowest BCUT2D eigenvalue weighted by Gasteiger charge is -2.00. The molecule has 0 aromatic carbocycles. The van der Waals surface area contributed by atoms with Crippen LogP contribution < -0.4 is 0 Å². The molecule has 0 aliphatic heterocycles. The SMILES string of the molecule is CC(C)[C@@H]1C[C@H]1S(C)(=O)=O. The Morgan fingerprint density at radius 1 is 1.40 bits per heavy atom. The molecule has 0 unspecified atom stereocenters. The van der Waals surface area contributed by atoms with Crippen LogP contribution in [0.5, 0.6) is 0 Å². The third-order valence-corrected chi connectivity index (χ3v) is 3.83. The van der Waals surface area contributed by atoms with E-state index in [4.69, 9.17) is 0 Å². The molecule has 0 aromatic heterocycles. The molecule has 3 heteroatoms. The minimum Gasteiger partial charge on any atom is -0.229 e. The van der Waals surface area contributed by atoms with Gasteiger partial charge < -0.3 is 0 Å². The zero-order chi connectivity index (χ0) is 7.94. The highest BCUT2D eigenvalue weighted by Crippen LogP contribution is 2.42. The summed E-state index contributed by atoms with van der Waals surface area (Å²) in [6.07, 6.45) is 2.22. The van der Waals surface area contributed by atoms with Gasteiger partial charge in [0.15, 0.2) is 9.84 Å². The second-order valence-corrected chi connectivity index (χ2v) is 5.78. The molecule has 0 amide bonds. The van der Waals surface area contributed by atoms with Crippen molar-refractivity contribution < 1.29 is 8.42 Å². The van der Waals surface area contributed by atoms with Crippen molar-refractivity contribution in [3.05, 3.63) is 0 Å². The number of hydrogen-bond acceptors (Lipinski definition) is 2. The number of hydrogen-bond donors (Lipinski definition) is 0. The van der Waals surface area contributed by atoms with E-state index in [2.05, 4.69) is 13.8 Å². The zero-order valence-electron chi connectivity index (χ0n) is 6.66. The summed E-state index contributed by atoms with van der Waals surface area (Å²) in [6, 6.07) is 0. The Morgan fingerprint density at radius 2 is 1.90 bits per heavy atom. The highest BCUT2D eigenvalue weighted by molar-refractivity contribution is 7.91. The lowest BCUT2D eigenvalue weighted by atomic mass is 10.1. The number of rotatable bonds is 2. The van der Waals surface area contributed by atoms with Gasteiger partial charge in [0, 0.05) is 6.26 Å². The van der Waals surface area contributed by atoms with E-state index in [1.165, 1.54) is 6.26 Å². The molecule has 1 aliphatic rings. The molecule has 60 valence electrons. The Hall–Kier alpha value is -0.0500. The van der Waals surface area contributed by atoms with E-state index >= 15 is 0 Å². The number of sulfone groups is 1. The van der Waals surface area contributed by atoms with Crippen LogP contribution in [0, 0.1) is 11.8 Å². The highest BCUT2D eigenvalue weighted by Gasteiger charge is 2.46. The maximum atomic E-state index is 10.9. The van der Waals surface area contributed by atoms with Gasteiger partial charge in [0.1, 0.15) is 0 Å². The van der Waals surface area contributed by atoms with Crippen LogP contribution in [-0.2, 0) is 9.84 Å². The van der Waals surface area contributed by atoms with Gasteiger partial charge in [-0.3, -0.25) is 0 Å². The topological polar surface area (TPSA) is 34.1 Å². The second-order valence-electron chi connectivity index (χ2n) is 3.51. The second kappa shape index (κ2) is 2.22. The van der Waals surface area contributed by atoms with Gasteiger partial charge in [-0.1, -0.05) is 13.8 Å². The fourth-order valence-electron chi connectivity index (χ4n) is 1.38. The van der Waals surface area contributed by atoms with E-state index in [9.17, 15) is 8.42 Å². The fourth-order valence-corrected chi connectivity index (χ4v) is 2.90. The summed E-state index contributed by atoms with van der Waals surface area (Å²) in [4.78, 5) is 0. The van der Waals surface area contributed by atoms with Crippen molar-refractivity contribution in [2.75, 3.05) is 6.26 Å². The molecule has 0 N–H and O–H groups in total. The predicted molar refractivity (Wildman–Crippen MR) is 41.6 cm³/mol. The maximum Gasteiger partial charge on any atom is 0.150 e. The molecule has 1 aliphatic carbocycles. The first-order valence-electron chi connectivity index (χ1n) is 3.62. The van der Waals surface area contributed by atoms with Gasteiger partial charge in [0.25, 0.3) is 0 Å². The normalized spacial score (nSPS) is 32.8. The van der Waals surface area contributed by atoms with Crippen LogP contribution in [0.4, 0.5) is 0 Å². The van der Waals surface area contributed by atoms with Crippen LogP contribution >= 0.6 is 0 Å². The van der Waals surface area contributed by atoms with Gasteiger partial charge in [-0.05, 0) is 18.3 Å². The van der Waals surface area contributed by atoms with Crippen LogP contribution in [0.15, 0.2) is 0 Å². The van der Waals surface area contributed by atoms with E-state index in [1.807, 2.05) is 0 Å². The Kier molecular flexibility index (Phi) is 1.79. The molecule has 0 spiro atoms. The molecule has 0 heterocycles. The average molecular weight is 162 g/mol. The Labute approximate surface area is 62.5 Å². The molecular formula is C7H14O2S. The summed E-state index contributed by atoms with van der Waals surface area (Å²) >= 11 is 0. The first-order valence-corrected chi connectivity index (χ1v) is 5.57. The molecule has 1 rings (SSSR count). The minimum atomic E-state index is -2.72. The molecule has 1 fully saturated rings. The molecule has 1 saturated carbocycles. The molecule has 0 radical (unpaired) electrons. The smallest absolute Gasteiger partial charge is 0.150 e. The summed E-state index contributed by atoms with van der Waals surface area (Å²) in [7, 11) is -2.72. The van der Waals surface area contributed by atoms with Gasteiger partial charge in [0.2, 0.25) is 0 Å². The van der Waals surface area contributed by atoms with E-state index in [0.29, 0.717) is 11.8 Å². The van der Waals surface area contributed by atoms with Crippen molar-refractivity contribution in [2.45, 2.75) is 25.5 Å². The summed E-state index contributed by atoms with van der Waals surface area (Å²) in [5, 5.41) is -0.0208. The molecule has 10 heavy (non-hydrogen) atoms. The molecule has 2 nitrogen and oxygen atoms in total. The Bertz CT molecular complexity index is 216. The van der Waals surface area contributed by atoms with Gasteiger partial charge in [-0.25, -0.2) is 8.42 Å². The van der Waals surface area contributed by atoms with Gasteiger partial charge in [-0.15, -0.1) is 0 Å². The molecule has 0 saturated heterocycles. The summed E-state index contributed by atoms with van der Waals surface area (Å²) in [5.41, 5.74) is 0. The quantitative estimate of drug-likeness (QED) is 0.608. The van der Waals surface area contributed by atoms with Crippen molar-refractivity contribution in [1.29, 1.82) is 0 Å². The molecule has 2 atom stereocenters. The molecule has 0 aromatic rings. The van der Waals surface area contributed by atoms with E-state index in [0.717, 1.165) is 6.42 Å². The summed E-state index contributed by atoms with van der Waals surface area (Å²) in [5.74, 6) is 0.967. The van der Waals surface area contributed by atoms with Crippen LogP contribution in [0.1, 0.15) is 20.3 Å². The van der Waals surface area contributed by atoms with Gasteiger partial charge in [0.05, 0.1) is 5.25 Å². The first-order chi connectivity index (χ1) is 4.43. The average Bonchev–Trinajstić information content (AvgIpc) is 2.35. The highest BCUT2D eigenvalue weighted by atomic mass is 32.2. The fraction of sp³-hybridized carbons (Fsp3) is 1.00. The first kappa shape index (κ1) is 8.05. The van der Waals surface area contributed by atoms with Crippen molar-refractivity contribution in [2.24, 2.45) is 11.8 Å². The standard InChI is InChI=1S/C7H14O2S/c1-5(2)6-4-7(6)10(3,8)9/h5-7H,4H2,1-3H3/t6-,7+/m0/s1. The summed E-state index contributed by atoms with van der Waals surface area (Å²) in [6.45, 7) is 4.16. The monoisotopic (exact) mass is 162 g/mol. The minimum absolute atomic E-state index is 0.0208. The van der Waals surface area contributed by atoms with Crippen molar-refractivity contribution in [1.82, 2.24) is 0 Å². The largest absolute Gasteiger partial charge is 0.229 e. The van der Waals surface area contributed by atoms with Crippen molar-refractivity contribution in [3.8, 4) is 0 Å². The van der Waals surface area contributed by atoms with Crippen LogP contribution in [0.2, 0.25) is 0 Å². The van der Waals surface area contributed by atoms with Crippen LogP contribution in [0.3, 0.4) is 0 Å². The third-order valence-electron chi connectivity index (χ3n) is 2.19. The maximum absolute atomic E-state index is 10.9. The summed E-state index contributed by atoms with van der Waals surface area (Å²) < 4.78 is 21.8. The van der Waals surface area contributed by atoms with Crippen LogP contribution in [-0.4, -0.2) is 19.9 Å². The van der Waals surface area contributed by atoms with E-state index < -0.39 is 9.84 Å². The Morgan fingerprint density at radius 3 is 2.00 bits per heavy atom. The van der Waals surface area contributed by atoms with E-state index in [1.54, 1.807) is 0 Å². The van der Waals surface area contributed by atoms with E-state index in [-0.39, 0.29) is 5.25 Å². The lowest BCUT2D eigenvalue weighted by molar-refractivity contribution is 0.551. The Balaban J connectivity index is 2.55. The van der Waals surface area contributed by atoms with Crippen molar-refractivity contribution >= 4 is 9.84 Å². The van der Waals surface area contributed by atoms with Crippen molar-refractivity contribution in [3.63, 3.8) is 0 Å². The lowest BCUT2D eigenvalue weighted by Crippen LogP contribution is -2.08. The third kappa shape index (κ3) is 1.51.